The number of aliphatic imine (C=N–C) groups is 1. The van der Waals surface area contributed by atoms with Gasteiger partial charge in [0.1, 0.15) is 11.4 Å². The molecule has 1 rings (SSSR count). The predicted molar refractivity (Wildman–Crippen MR) is 78.9 cm³/mol. The molecule has 1 fully saturated rings. The zero-order valence-corrected chi connectivity index (χ0v) is 11.9. The van der Waals surface area contributed by atoms with Crippen molar-refractivity contribution in [2.24, 2.45) is 10.4 Å². The van der Waals surface area contributed by atoms with Gasteiger partial charge in [0, 0.05) is 24.3 Å². The molecule has 0 spiro atoms. The Morgan fingerprint density at radius 1 is 1.17 bits per heavy atom. The highest BCUT2D eigenvalue weighted by Gasteiger charge is 2.60. The van der Waals surface area contributed by atoms with Gasteiger partial charge in [-0.3, -0.25) is 4.99 Å². The van der Waals surface area contributed by atoms with Gasteiger partial charge in [-0.25, -0.2) is 0 Å². The van der Waals surface area contributed by atoms with E-state index in [9.17, 15) is 0 Å². The van der Waals surface area contributed by atoms with Gasteiger partial charge in [-0.05, 0) is 19.4 Å². The van der Waals surface area contributed by atoms with E-state index in [-0.39, 0.29) is 11.0 Å². The SMILES string of the molecule is C=C/C=C(/C=N/C)C(=C/C=C)\OC1(C)CC1(C)C. The Kier molecular flexibility index (Phi) is 4.33. The lowest BCUT2D eigenvalue weighted by atomic mass is 10.1. The van der Waals surface area contributed by atoms with Gasteiger partial charge in [-0.2, -0.15) is 0 Å². The van der Waals surface area contributed by atoms with Crippen molar-refractivity contribution in [3.8, 4) is 0 Å². The van der Waals surface area contributed by atoms with Gasteiger partial charge in [0.2, 0.25) is 0 Å². The van der Waals surface area contributed by atoms with Crippen molar-refractivity contribution < 1.29 is 4.74 Å². The summed E-state index contributed by atoms with van der Waals surface area (Å²) in [6.07, 6.45) is 10.1. The van der Waals surface area contributed by atoms with Crippen molar-refractivity contribution in [1.29, 1.82) is 0 Å². The van der Waals surface area contributed by atoms with Crippen LogP contribution in [0.2, 0.25) is 0 Å². The minimum atomic E-state index is -0.107. The fourth-order valence-electron chi connectivity index (χ4n) is 1.97. The lowest BCUT2D eigenvalue weighted by Gasteiger charge is -2.20. The van der Waals surface area contributed by atoms with E-state index in [1.165, 1.54) is 0 Å². The first-order valence-electron chi connectivity index (χ1n) is 6.17. The van der Waals surface area contributed by atoms with Gasteiger partial charge in [0.15, 0.2) is 0 Å². The summed E-state index contributed by atoms with van der Waals surface area (Å²) in [5.41, 5.74) is 1.02. The van der Waals surface area contributed by atoms with Crippen LogP contribution in [0.25, 0.3) is 0 Å². The largest absolute Gasteiger partial charge is 0.486 e. The molecule has 0 radical (unpaired) electrons. The zero-order valence-electron chi connectivity index (χ0n) is 11.9. The van der Waals surface area contributed by atoms with Crippen molar-refractivity contribution in [3.05, 3.63) is 48.8 Å². The first-order valence-corrected chi connectivity index (χ1v) is 6.17. The Morgan fingerprint density at radius 3 is 2.11 bits per heavy atom. The van der Waals surface area contributed by atoms with Gasteiger partial charge >= 0.3 is 0 Å². The molecule has 0 heterocycles. The van der Waals surface area contributed by atoms with Gasteiger partial charge in [-0.1, -0.05) is 45.2 Å². The van der Waals surface area contributed by atoms with Crippen LogP contribution < -0.4 is 0 Å². The molecule has 0 aromatic carbocycles. The monoisotopic (exact) mass is 245 g/mol. The summed E-state index contributed by atoms with van der Waals surface area (Å²) in [5.74, 6) is 0.795. The van der Waals surface area contributed by atoms with Crippen LogP contribution in [0.1, 0.15) is 27.2 Å². The van der Waals surface area contributed by atoms with Crippen LogP contribution in [-0.4, -0.2) is 18.9 Å². The molecule has 1 unspecified atom stereocenters. The van der Waals surface area contributed by atoms with Crippen molar-refractivity contribution >= 4 is 6.21 Å². The van der Waals surface area contributed by atoms with Crippen molar-refractivity contribution in [3.63, 3.8) is 0 Å². The number of rotatable bonds is 6. The molecular formula is C16H23NO. The average molecular weight is 245 g/mol. The molecule has 0 saturated heterocycles. The first kappa shape index (κ1) is 14.5. The molecule has 0 aliphatic heterocycles. The second-order valence-electron chi connectivity index (χ2n) is 5.41. The molecular weight excluding hydrogens is 222 g/mol. The third kappa shape index (κ3) is 3.00. The summed E-state index contributed by atoms with van der Waals surface area (Å²) in [7, 11) is 1.74. The number of ether oxygens (including phenoxy) is 1. The van der Waals surface area contributed by atoms with Crippen LogP contribution in [0, 0.1) is 5.41 Å². The van der Waals surface area contributed by atoms with Crippen molar-refractivity contribution in [2.75, 3.05) is 7.05 Å². The van der Waals surface area contributed by atoms with E-state index < -0.39 is 0 Å². The minimum Gasteiger partial charge on any atom is -0.486 e. The minimum absolute atomic E-state index is 0.107. The van der Waals surface area contributed by atoms with E-state index in [4.69, 9.17) is 4.74 Å². The van der Waals surface area contributed by atoms with Crippen LogP contribution in [0.15, 0.2) is 53.8 Å². The van der Waals surface area contributed by atoms with E-state index in [0.717, 1.165) is 17.8 Å². The summed E-state index contributed by atoms with van der Waals surface area (Å²) < 4.78 is 6.15. The number of allylic oxidation sites excluding steroid dienone is 5. The average Bonchev–Trinajstić information content (AvgIpc) is 2.76. The third-order valence-electron chi connectivity index (χ3n) is 3.54. The maximum absolute atomic E-state index is 6.15. The maximum atomic E-state index is 6.15. The van der Waals surface area contributed by atoms with Crippen LogP contribution in [-0.2, 0) is 4.74 Å². The van der Waals surface area contributed by atoms with E-state index >= 15 is 0 Å². The number of hydrogen-bond acceptors (Lipinski definition) is 2. The second-order valence-corrected chi connectivity index (χ2v) is 5.41. The maximum Gasteiger partial charge on any atom is 0.128 e. The fraction of sp³-hybridized carbons (Fsp3) is 0.438. The summed E-state index contributed by atoms with van der Waals surface area (Å²) in [6.45, 7) is 14.0. The number of hydrogen-bond donors (Lipinski definition) is 0. The second kappa shape index (κ2) is 5.38. The van der Waals surface area contributed by atoms with Crippen LogP contribution in [0.5, 0.6) is 0 Å². The molecule has 1 atom stereocenters. The Labute approximate surface area is 110 Å². The quantitative estimate of drug-likeness (QED) is 0.392. The lowest BCUT2D eigenvalue weighted by Crippen LogP contribution is -2.17. The summed E-state index contributed by atoms with van der Waals surface area (Å²) in [6, 6.07) is 0. The van der Waals surface area contributed by atoms with E-state index in [1.54, 1.807) is 25.4 Å². The Bertz CT molecular complexity index is 426. The van der Waals surface area contributed by atoms with E-state index in [1.807, 2.05) is 12.2 Å². The topological polar surface area (TPSA) is 21.6 Å². The van der Waals surface area contributed by atoms with Gasteiger partial charge in [0.05, 0.1) is 0 Å². The van der Waals surface area contributed by atoms with Crippen LogP contribution >= 0.6 is 0 Å². The molecule has 0 aromatic rings. The van der Waals surface area contributed by atoms with Gasteiger partial charge in [-0.15, -0.1) is 0 Å². The van der Waals surface area contributed by atoms with Crippen molar-refractivity contribution in [2.45, 2.75) is 32.8 Å². The molecule has 0 amide bonds. The van der Waals surface area contributed by atoms with E-state index in [0.29, 0.717) is 0 Å². The summed E-state index contributed by atoms with van der Waals surface area (Å²) in [4.78, 5) is 4.05. The highest BCUT2D eigenvalue weighted by atomic mass is 16.5. The van der Waals surface area contributed by atoms with Gasteiger partial charge in [0.25, 0.3) is 0 Å². The molecule has 2 heteroatoms. The first-order chi connectivity index (χ1) is 8.40. The smallest absolute Gasteiger partial charge is 0.128 e. The van der Waals surface area contributed by atoms with Crippen LogP contribution in [0.3, 0.4) is 0 Å². The number of nitrogens with zero attached hydrogens (tertiary/aromatic N) is 1. The Morgan fingerprint density at radius 2 is 1.72 bits per heavy atom. The van der Waals surface area contributed by atoms with E-state index in [2.05, 4.69) is 38.9 Å². The third-order valence-corrected chi connectivity index (χ3v) is 3.54. The van der Waals surface area contributed by atoms with Gasteiger partial charge < -0.3 is 4.74 Å². The molecule has 0 N–H and O–H groups in total. The molecule has 0 aromatic heterocycles. The van der Waals surface area contributed by atoms with Crippen LogP contribution in [0.4, 0.5) is 0 Å². The van der Waals surface area contributed by atoms with Crippen molar-refractivity contribution in [1.82, 2.24) is 0 Å². The zero-order chi connectivity index (χ0) is 13.8. The Balaban J connectivity index is 2.97. The summed E-state index contributed by atoms with van der Waals surface area (Å²) >= 11 is 0. The molecule has 1 aliphatic rings. The highest BCUT2D eigenvalue weighted by molar-refractivity contribution is 5.84. The fourth-order valence-corrected chi connectivity index (χ4v) is 1.97. The lowest BCUT2D eigenvalue weighted by molar-refractivity contribution is 0.0843. The Hall–Kier alpha value is -1.57. The normalized spacial score (nSPS) is 27.1. The summed E-state index contributed by atoms with van der Waals surface area (Å²) in [5, 5.41) is 0. The molecule has 1 saturated carbocycles. The standard InChI is InChI=1S/C16H23NO/c1-7-9-13(11-17-6)14(10-8-2)18-16(5)12-15(16,3)4/h7-11H,1-2,12H2,3-6H3/b13-9-,14-10+,17-11+. The molecule has 1 aliphatic carbocycles. The predicted octanol–water partition coefficient (Wildman–Crippen LogP) is 4.07. The molecule has 0 bridgehead atoms. The molecule has 2 nitrogen and oxygen atoms in total. The highest BCUT2D eigenvalue weighted by Crippen LogP contribution is 2.59. The molecule has 98 valence electrons. The molecule has 18 heavy (non-hydrogen) atoms.